The van der Waals surface area contributed by atoms with Gasteiger partial charge in [0.2, 0.25) is 5.60 Å². The van der Waals surface area contributed by atoms with Gasteiger partial charge in [-0.15, -0.1) is 11.3 Å². The molecule has 1 heterocycles. The molecule has 1 amide bonds. The van der Waals surface area contributed by atoms with Crippen molar-refractivity contribution in [1.29, 1.82) is 0 Å². The van der Waals surface area contributed by atoms with Crippen LogP contribution in [-0.4, -0.2) is 47.1 Å². The molecule has 176 valence electrons. The lowest BCUT2D eigenvalue weighted by Crippen LogP contribution is -2.44. The van der Waals surface area contributed by atoms with Gasteiger partial charge in [0.1, 0.15) is 5.56 Å². The summed E-state index contributed by atoms with van der Waals surface area (Å²) in [4.78, 5) is 25.6. The number of hydrogen-bond donors (Lipinski definition) is 2. The fourth-order valence-electron chi connectivity index (χ4n) is 3.49. The van der Waals surface area contributed by atoms with E-state index < -0.39 is 39.3 Å². The normalized spacial score (nSPS) is 16.5. The number of nitro groups is 1. The average Bonchev–Trinajstić information content (AvgIpc) is 3.26. The van der Waals surface area contributed by atoms with Crippen LogP contribution >= 0.6 is 11.3 Å². The lowest BCUT2D eigenvalue weighted by molar-refractivity contribution is -0.388. The fourth-order valence-corrected chi connectivity index (χ4v) is 4.48. The van der Waals surface area contributed by atoms with Crippen LogP contribution in [0.4, 0.5) is 24.5 Å². The van der Waals surface area contributed by atoms with Crippen LogP contribution in [0.5, 0.6) is 0 Å². The second-order valence-electron chi connectivity index (χ2n) is 8.28. The van der Waals surface area contributed by atoms with E-state index in [1.807, 2.05) is 17.5 Å². The number of nitrogens with one attached hydrogen (secondary N) is 1. The van der Waals surface area contributed by atoms with Gasteiger partial charge in [0.25, 0.3) is 11.6 Å². The number of halogens is 3. The van der Waals surface area contributed by atoms with E-state index >= 15 is 0 Å². The summed E-state index contributed by atoms with van der Waals surface area (Å²) in [6.07, 6.45) is -3.53. The van der Waals surface area contributed by atoms with Crippen LogP contribution < -0.4 is 5.32 Å². The highest BCUT2D eigenvalue weighted by atomic mass is 32.1. The number of aliphatic hydroxyl groups is 1. The average molecular weight is 481 g/mol. The largest absolute Gasteiger partial charge is 0.423 e. The Morgan fingerprint density at radius 1 is 1.33 bits per heavy atom. The first-order valence-corrected chi connectivity index (χ1v) is 10.8. The molecule has 1 saturated carbocycles. The maximum atomic E-state index is 13.3. The van der Waals surface area contributed by atoms with Gasteiger partial charge in [0, 0.05) is 28.5 Å². The van der Waals surface area contributed by atoms with Gasteiger partial charge in [-0.25, -0.2) is 0 Å². The third kappa shape index (κ3) is 5.71. The maximum absolute atomic E-state index is 13.3. The molecule has 1 unspecified atom stereocenters. The summed E-state index contributed by atoms with van der Waals surface area (Å²) in [5.74, 6) is 4.37. The Kier molecular flexibility index (Phi) is 6.83. The molecular formula is C22H22F3N3O4S. The molecule has 2 aromatic rings. The second-order valence-corrected chi connectivity index (χ2v) is 9.22. The molecule has 2 N–H and O–H groups in total. The van der Waals surface area contributed by atoms with E-state index in [1.165, 1.54) is 11.3 Å². The first kappa shape index (κ1) is 24.7. The molecule has 33 heavy (non-hydrogen) atoms. The molecule has 1 atom stereocenters. The zero-order valence-corrected chi connectivity index (χ0v) is 18.7. The molecule has 0 aliphatic heterocycles. The van der Waals surface area contributed by atoms with E-state index in [4.69, 9.17) is 0 Å². The number of alkyl halides is 3. The molecule has 1 fully saturated rings. The quantitative estimate of drug-likeness (QED) is 0.354. The van der Waals surface area contributed by atoms with Gasteiger partial charge in [0.05, 0.1) is 11.5 Å². The summed E-state index contributed by atoms with van der Waals surface area (Å²) in [5, 5.41) is 26.4. The summed E-state index contributed by atoms with van der Waals surface area (Å²) < 4.78 is 39.9. The molecule has 0 spiro atoms. The summed E-state index contributed by atoms with van der Waals surface area (Å²) in [7, 11) is 3.52. The van der Waals surface area contributed by atoms with Crippen LogP contribution in [0.2, 0.25) is 0 Å². The molecule has 3 rings (SSSR count). The van der Waals surface area contributed by atoms with Gasteiger partial charge in [-0.05, 0) is 50.5 Å². The smallest absolute Gasteiger partial charge is 0.369 e. The Morgan fingerprint density at radius 2 is 2.03 bits per heavy atom. The Labute approximate surface area is 192 Å². The Morgan fingerprint density at radius 3 is 2.55 bits per heavy atom. The van der Waals surface area contributed by atoms with Gasteiger partial charge >= 0.3 is 6.18 Å². The predicted molar refractivity (Wildman–Crippen MR) is 118 cm³/mol. The third-order valence-corrected chi connectivity index (χ3v) is 6.43. The topological polar surface area (TPSA) is 95.7 Å². The van der Waals surface area contributed by atoms with E-state index in [-0.39, 0.29) is 18.7 Å². The molecule has 1 aliphatic carbocycles. The molecule has 1 aromatic heterocycles. The maximum Gasteiger partial charge on any atom is 0.423 e. The second kappa shape index (κ2) is 9.13. The predicted octanol–water partition coefficient (Wildman–Crippen LogP) is 4.03. The number of hydrogen-bond acceptors (Lipinski definition) is 6. The van der Waals surface area contributed by atoms with Gasteiger partial charge in [-0.2, -0.15) is 13.2 Å². The van der Waals surface area contributed by atoms with E-state index in [0.717, 1.165) is 23.8 Å². The minimum atomic E-state index is -5.00. The fraction of sp³-hybridized carbons (Fsp3) is 0.409. The number of amides is 1. The first-order valence-electron chi connectivity index (χ1n) is 9.95. The number of nitrogens with zero attached hydrogens (tertiary/aromatic N) is 2. The van der Waals surface area contributed by atoms with Crippen LogP contribution in [0.3, 0.4) is 0 Å². The van der Waals surface area contributed by atoms with E-state index in [9.17, 15) is 33.2 Å². The van der Waals surface area contributed by atoms with Crippen molar-refractivity contribution in [1.82, 2.24) is 4.90 Å². The zero-order valence-electron chi connectivity index (χ0n) is 17.9. The monoisotopic (exact) mass is 481 g/mol. The van der Waals surface area contributed by atoms with Crippen molar-refractivity contribution in [2.45, 2.75) is 36.5 Å². The molecule has 0 radical (unpaired) electrons. The minimum Gasteiger partial charge on any atom is -0.369 e. The molecule has 0 saturated heterocycles. The molecule has 11 heteroatoms. The van der Waals surface area contributed by atoms with Crippen molar-refractivity contribution in [2.24, 2.45) is 0 Å². The van der Waals surface area contributed by atoms with Crippen LogP contribution in [0, 0.1) is 22.0 Å². The summed E-state index contributed by atoms with van der Waals surface area (Å²) >= 11 is 1.50. The highest BCUT2D eigenvalue weighted by molar-refractivity contribution is 7.10. The first-order chi connectivity index (χ1) is 15.4. The lowest BCUT2D eigenvalue weighted by atomic mass is 9.86. The number of benzene rings is 1. The standard InChI is InChI=1S/C22H22F3N3O4S/c1-27(2)11-4-8-21(30,14-20(9-10-20)18-5-3-12-33-18)19(29)26-15-6-7-17(28(31)32)16(13-15)22(23,24)25/h3,5-7,12-13,30H,9-11,14H2,1-2H3,(H,26,29). The Balaban J connectivity index is 1.92. The third-order valence-electron chi connectivity index (χ3n) is 5.31. The molecular weight excluding hydrogens is 459 g/mol. The highest BCUT2D eigenvalue weighted by Gasteiger charge is 2.53. The number of carbonyl (C=O) groups excluding carboxylic acids is 1. The SMILES string of the molecule is CN(C)CC#CC(O)(CC1(c2cccs2)CC1)C(=O)Nc1ccc([N+](=O)[O-])c(C(F)(F)F)c1. The zero-order chi connectivity index (χ0) is 24.4. The molecule has 1 aromatic carbocycles. The van der Waals surface area contributed by atoms with Crippen molar-refractivity contribution in [3.8, 4) is 11.8 Å². The number of thiophene rings is 1. The molecule has 7 nitrogen and oxygen atoms in total. The van der Waals surface area contributed by atoms with Crippen LogP contribution in [0.1, 0.15) is 29.7 Å². The van der Waals surface area contributed by atoms with Crippen LogP contribution in [0.25, 0.3) is 0 Å². The van der Waals surface area contributed by atoms with Crippen molar-refractivity contribution in [3.05, 3.63) is 56.3 Å². The van der Waals surface area contributed by atoms with Crippen LogP contribution in [0.15, 0.2) is 35.7 Å². The number of anilines is 1. The van der Waals surface area contributed by atoms with Crippen LogP contribution in [-0.2, 0) is 16.4 Å². The number of carbonyl (C=O) groups is 1. The van der Waals surface area contributed by atoms with E-state index in [2.05, 4.69) is 17.2 Å². The Bertz CT molecular complexity index is 1100. The number of nitro benzene ring substituents is 1. The summed E-state index contributed by atoms with van der Waals surface area (Å²) in [5.41, 5.74) is -5.55. The lowest BCUT2D eigenvalue weighted by Gasteiger charge is -2.26. The van der Waals surface area contributed by atoms with Gasteiger partial charge in [0.15, 0.2) is 0 Å². The number of rotatable bonds is 7. The van der Waals surface area contributed by atoms with Crippen molar-refractivity contribution >= 4 is 28.6 Å². The molecule has 1 aliphatic rings. The van der Waals surface area contributed by atoms with E-state index in [1.54, 1.807) is 19.0 Å². The summed E-state index contributed by atoms with van der Waals surface area (Å²) in [6.45, 7) is 0.261. The Hall–Kier alpha value is -2.94. The van der Waals surface area contributed by atoms with E-state index in [0.29, 0.717) is 12.1 Å². The summed E-state index contributed by atoms with van der Waals surface area (Å²) in [6, 6.07) is 5.92. The van der Waals surface area contributed by atoms with Crippen molar-refractivity contribution in [3.63, 3.8) is 0 Å². The minimum absolute atomic E-state index is 0.0219. The van der Waals surface area contributed by atoms with Crippen molar-refractivity contribution < 1.29 is 28.0 Å². The molecule has 0 bridgehead atoms. The van der Waals surface area contributed by atoms with Gasteiger partial charge in [-0.3, -0.25) is 19.8 Å². The van der Waals surface area contributed by atoms with Gasteiger partial charge in [-0.1, -0.05) is 17.9 Å². The van der Waals surface area contributed by atoms with Gasteiger partial charge < -0.3 is 10.4 Å². The highest BCUT2D eigenvalue weighted by Crippen LogP contribution is 2.54. The van der Waals surface area contributed by atoms with Crippen molar-refractivity contribution in [2.75, 3.05) is 26.0 Å².